The zero-order chi connectivity index (χ0) is 26.2. The maximum absolute atomic E-state index is 12.7. The van der Waals surface area contributed by atoms with E-state index in [9.17, 15) is 9.59 Å². The predicted molar refractivity (Wildman–Crippen MR) is 146 cm³/mol. The molecule has 0 aromatic rings. The molecule has 36 heavy (non-hydrogen) atoms. The van der Waals surface area contributed by atoms with Gasteiger partial charge in [0.2, 0.25) is 0 Å². The zero-order valence-corrected chi connectivity index (χ0v) is 24.0. The lowest BCUT2D eigenvalue weighted by molar-refractivity contribution is -0.167. The number of hydrogen-bond donors (Lipinski definition) is 0. The van der Waals surface area contributed by atoms with Crippen molar-refractivity contribution in [1.82, 2.24) is 9.80 Å². The lowest BCUT2D eigenvalue weighted by atomic mass is 9.86. The largest absolute Gasteiger partial charge is 0.446 e. The molecular formula is C30H56N2O4. The van der Waals surface area contributed by atoms with Gasteiger partial charge in [-0.3, -0.25) is 19.4 Å². The van der Waals surface area contributed by atoms with E-state index in [2.05, 4.69) is 37.5 Å². The van der Waals surface area contributed by atoms with Gasteiger partial charge in [0, 0.05) is 0 Å². The Bertz CT molecular complexity index is 542. The highest BCUT2D eigenvalue weighted by atomic mass is 16.6. The Labute approximate surface area is 221 Å². The lowest BCUT2D eigenvalue weighted by Gasteiger charge is -2.32. The van der Waals surface area contributed by atoms with Crippen molar-refractivity contribution in [3.8, 4) is 0 Å². The zero-order valence-electron chi connectivity index (χ0n) is 24.0. The first-order valence-corrected chi connectivity index (χ1v) is 15.4. The standard InChI is InChI=1S/C30H56N2O4/c1-5-31(6-2)27(21-19-25-15-11-9-12-16-25)35-29(33)23-24-30(34)36-28(32(7-3)8-4)22-20-26-17-13-10-14-18-26/h25-28H,5-24H2,1-4H3. The highest BCUT2D eigenvalue weighted by molar-refractivity contribution is 5.77. The molecule has 0 radical (unpaired) electrons. The van der Waals surface area contributed by atoms with Crippen LogP contribution in [0.15, 0.2) is 0 Å². The minimum absolute atomic E-state index is 0.0909. The predicted octanol–water partition coefficient (Wildman–Crippen LogP) is 6.91. The van der Waals surface area contributed by atoms with Gasteiger partial charge in [-0.1, -0.05) is 91.9 Å². The van der Waals surface area contributed by atoms with Crippen LogP contribution in [0.4, 0.5) is 0 Å². The van der Waals surface area contributed by atoms with Crippen LogP contribution in [0.5, 0.6) is 0 Å². The molecule has 0 amide bonds. The summed E-state index contributed by atoms with van der Waals surface area (Å²) in [5.41, 5.74) is 0. The van der Waals surface area contributed by atoms with E-state index in [0.29, 0.717) is 0 Å². The number of ether oxygens (including phenoxy) is 2. The molecule has 0 saturated heterocycles. The molecule has 2 fully saturated rings. The number of nitrogens with zero attached hydrogens (tertiary/aromatic N) is 2. The first-order chi connectivity index (χ1) is 17.5. The van der Waals surface area contributed by atoms with Gasteiger partial charge in [0.05, 0.1) is 12.8 Å². The molecule has 0 aromatic carbocycles. The Morgan fingerprint density at radius 3 is 1.25 bits per heavy atom. The Balaban J connectivity index is 1.81. The number of hydrogen-bond acceptors (Lipinski definition) is 6. The third kappa shape index (κ3) is 11.5. The van der Waals surface area contributed by atoms with Gasteiger partial charge >= 0.3 is 11.9 Å². The van der Waals surface area contributed by atoms with E-state index in [0.717, 1.165) is 63.7 Å². The summed E-state index contributed by atoms with van der Waals surface area (Å²) < 4.78 is 11.9. The van der Waals surface area contributed by atoms with Crippen molar-refractivity contribution in [3.63, 3.8) is 0 Å². The van der Waals surface area contributed by atoms with Gasteiger partial charge in [0.15, 0.2) is 12.5 Å². The van der Waals surface area contributed by atoms with Crippen molar-refractivity contribution in [2.24, 2.45) is 11.8 Å². The maximum atomic E-state index is 12.7. The van der Waals surface area contributed by atoms with Crippen molar-refractivity contribution in [2.45, 2.75) is 143 Å². The van der Waals surface area contributed by atoms with Gasteiger partial charge in [-0.05, 0) is 63.7 Å². The second-order valence-corrected chi connectivity index (χ2v) is 11.0. The number of rotatable bonds is 17. The van der Waals surface area contributed by atoms with Gasteiger partial charge < -0.3 is 9.47 Å². The summed E-state index contributed by atoms with van der Waals surface area (Å²) in [6.45, 7) is 11.9. The second-order valence-electron chi connectivity index (χ2n) is 11.0. The van der Waals surface area contributed by atoms with E-state index in [1.165, 1.54) is 64.2 Å². The van der Waals surface area contributed by atoms with Crippen LogP contribution in [0.2, 0.25) is 0 Å². The molecule has 210 valence electrons. The summed E-state index contributed by atoms with van der Waals surface area (Å²) in [7, 11) is 0. The molecule has 0 aromatic heterocycles. The van der Waals surface area contributed by atoms with Crippen molar-refractivity contribution < 1.29 is 19.1 Å². The molecule has 0 N–H and O–H groups in total. The fourth-order valence-corrected chi connectivity index (χ4v) is 6.23. The van der Waals surface area contributed by atoms with Gasteiger partial charge in [0.1, 0.15) is 0 Å². The third-order valence-corrected chi connectivity index (χ3v) is 8.60. The normalized spacial score (nSPS) is 19.4. The van der Waals surface area contributed by atoms with Crippen LogP contribution in [0.3, 0.4) is 0 Å². The number of carbonyl (C=O) groups is 2. The van der Waals surface area contributed by atoms with Crippen LogP contribution >= 0.6 is 0 Å². The SMILES string of the molecule is CCN(CC)C(CCC1CCCCC1)OC(=O)CCC(=O)OC(CCC1CCCCC1)N(CC)CC. The van der Waals surface area contributed by atoms with Gasteiger partial charge in [-0.15, -0.1) is 0 Å². The first kappa shape index (κ1) is 31.1. The molecule has 0 heterocycles. The summed E-state index contributed by atoms with van der Waals surface area (Å²) >= 11 is 0. The maximum Gasteiger partial charge on any atom is 0.307 e. The van der Waals surface area contributed by atoms with Crippen LogP contribution in [-0.2, 0) is 19.1 Å². The molecule has 0 bridgehead atoms. The van der Waals surface area contributed by atoms with Gasteiger partial charge in [0.25, 0.3) is 0 Å². The summed E-state index contributed by atoms with van der Waals surface area (Å²) in [6.07, 6.45) is 17.1. The van der Waals surface area contributed by atoms with Gasteiger partial charge in [-0.2, -0.15) is 0 Å². The molecule has 2 saturated carbocycles. The summed E-state index contributed by atoms with van der Waals surface area (Å²) in [5.74, 6) is 0.954. The second kappa shape index (κ2) is 18.2. The van der Waals surface area contributed by atoms with Crippen molar-refractivity contribution in [1.29, 1.82) is 0 Å². The summed E-state index contributed by atoms with van der Waals surface area (Å²) in [5, 5.41) is 0. The van der Waals surface area contributed by atoms with Crippen LogP contribution in [-0.4, -0.2) is 60.4 Å². The quantitative estimate of drug-likeness (QED) is 0.157. The summed E-state index contributed by atoms with van der Waals surface area (Å²) in [6, 6.07) is 0. The van der Waals surface area contributed by atoms with E-state index in [-0.39, 0.29) is 37.2 Å². The molecule has 2 aliphatic carbocycles. The van der Waals surface area contributed by atoms with Crippen molar-refractivity contribution >= 4 is 11.9 Å². The molecule has 0 spiro atoms. The summed E-state index contributed by atoms with van der Waals surface area (Å²) in [4.78, 5) is 29.9. The van der Waals surface area contributed by atoms with Crippen LogP contribution in [0.25, 0.3) is 0 Å². The first-order valence-electron chi connectivity index (χ1n) is 15.4. The fourth-order valence-electron chi connectivity index (χ4n) is 6.23. The molecule has 2 atom stereocenters. The van der Waals surface area contributed by atoms with Crippen molar-refractivity contribution in [2.75, 3.05) is 26.2 Å². The average Bonchev–Trinajstić information content (AvgIpc) is 2.91. The molecule has 2 rings (SSSR count). The van der Waals surface area contributed by atoms with Crippen LogP contribution in [0, 0.1) is 11.8 Å². The molecule has 6 nitrogen and oxygen atoms in total. The lowest BCUT2D eigenvalue weighted by Crippen LogP contribution is -2.40. The van der Waals surface area contributed by atoms with E-state index in [1.807, 2.05) is 0 Å². The average molecular weight is 509 g/mol. The Hall–Kier alpha value is -1.14. The number of esters is 2. The van der Waals surface area contributed by atoms with Gasteiger partial charge in [-0.25, -0.2) is 0 Å². The highest BCUT2D eigenvalue weighted by Crippen LogP contribution is 2.30. The van der Waals surface area contributed by atoms with E-state index in [4.69, 9.17) is 9.47 Å². The smallest absolute Gasteiger partial charge is 0.307 e. The van der Waals surface area contributed by atoms with Crippen LogP contribution in [0.1, 0.15) is 130 Å². The topological polar surface area (TPSA) is 59.1 Å². The Morgan fingerprint density at radius 2 is 0.944 bits per heavy atom. The minimum Gasteiger partial charge on any atom is -0.446 e. The van der Waals surface area contributed by atoms with Crippen LogP contribution < -0.4 is 0 Å². The number of carbonyl (C=O) groups excluding carboxylic acids is 2. The third-order valence-electron chi connectivity index (χ3n) is 8.60. The highest BCUT2D eigenvalue weighted by Gasteiger charge is 2.25. The molecule has 0 aliphatic heterocycles. The van der Waals surface area contributed by atoms with E-state index < -0.39 is 0 Å². The molecule has 6 heteroatoms. The molecule has 2 unspecified atom stereocenters. The van der Waals surface area contributed by atoms with E-state index in [1.54, 1.807) is 0 Å². The molecular weight excluding hydrogens is 452 g/mol. The monoisotopic (exact) mass is 508 g/mol. The van der Waals surface area contributed by atoms with Crippen molar-refractivity contribution in [3.05, 3.63) is 0 Å². The van der Waals surface area contributed by atoms with E-state index >= 15 is 0 Å². The fraction of sp³-hybridized carbons (Fsp3) is 0.933. The minimum atomic E-state index is -0.283. The Morgan fingerprint density at radius 1 is 0.611 bits per heavy atom. The Kier molecular flexibility index (Phi) is 15.7. The molecule has 2 aliphatic rings.